The second-order valence-corrected chi connectivity index (χ2v) is 6.07. The van der Waals surface area contributed by atoms with E-state index in [0.717, 1.165) is 24.5 Å². The van der Waals surface area contributed by atoms with Crippen LogP contribution in [0, 0.1) is 0 Å². The molecule has 1 fully saturated rings. The van der Waals surface area contributed by atoms with E-state index < -0.39 is 0 Å². The van der Waals surface area contributed by atoms with Crippen molar-refractivity contribution in [3.05, 3.63) is 16.1 Å². The maximum absolute atomic E-state index is 5.34. The highest BCUT2D eigenvalue weighted by Gasteiger charge is 2.26. The van der Waals surface area contributed by atoms with Gasteiger partial charge in [-0.2, -0.15) is 11.8 Å². The quantitative estimate of drug-likeness (QED) is 0.879. The fraction of sp³-hybridized carbons (Fsp3) is 0.727. The number of aromatic nitrogens is 1. The van der Waals surface area contributed by atoms with E-state index in [-0.39, 0.29) is 0 Å². The predicted octanol–water partition coefficient (Wildman–Crippen LogP) is 2.45. The number of rotatable bonds is 5. The van der Waals surface area contributed by atoms with Gasteiger partial charge in [-0.1, -0.05) is 6.92 Å². The van der Waals surface area contributed by atoms with Crippen molar-refractivity contribution in [2.45, 2.75) is 31.2 Å². The second kappa shape index (κ2) is 6.00. The van der Waals surface area contributed by atoms with Crippen LogP contribution in [0.15, 0.2) is 5.38 Å². The molecule has 0 bridgehead atoms. The maximum atomic E-state index is 5.34. The Morgan fingerprint density at radius 1 is 1.69 bits per heavy atom. The highest BCUT2D eigenvalue weighted by atomic mass is 32.2. The minimum absolute atomic E-state index is 0.347. The first kappa shape index (κ1) is 12.4. The normalized spacial score (nSPS) is 25.1. The second-order valence-electron chi connectivity index (χ2n) is 3.86. The molecule has 0 saturated carbocycles. The molecule has 0 radical (unpaired) electrons. The van der Waals surface area contributed by atoms with Crippen molar-refractivity contribution < 1.29 is 4.74 Å². The van der Waals surface area contributed by atoms with Crippen LogP contribution in [0.3, 0.4) is 0 Å². The standard InChI is InChI=1S/C11H18N2OS2/c1-3-15-7-11-13-10(6-16-11)9-4-8(14-2)5-12-9/h6,8-9,12H,3-5,7H2,1-2H3. The van der Waals surface area contributed by atoms with Gasteiger partial charge in [0.1, 0.15) is 5.01 Å². The summed E-state index contributed by atoms with van der Waals surface area (Å²) >= 11 is 3.70. The molecule has 0 aromatic carbocycles. The van der Waals surface area contributed by atoms with Crippen molar-refractivity contribution in [1.29, 1.82) is 0 Å². The first-order valence-corrected chi connectivity index (χ1v) is 7.65. The molecule has 3 nitrogen and oxygen atoms in total. The highest BCUT2D eigenvalue weighted by molar-refractivity contribution is 7.98. The smallest absolute Gasteiger partial charge is 0.103 e. The van der Waals surface area contributed by atoms with E-state index in [1.807, 2.05) is 11.8 Å². The van der Waals surface area contributed by atoms with Gasteiger partial charge in [0, 0.05) is 24.8 Å². The van der Waals surface area contributed by atoms with Crippen LogP contribution in [0.5, 0.6) is 0 Å². The molecule has 16 heavy (non-hydrogen) atoms. The lowest BCUT2D eigenvalue weighted by atomic mass is 10.1. The molecule has 1 N–H and O–H groups in total. The summed E-state index contributed by atoms with van der Waals surface area (Å²) in [5, 5.41) is 6.88. The molecule has 1 aliphatic heterocycles. The summed E-state index contributed by atoms with van der Waals surface area (Å²) in [4.78, 5) is 4.68. The van der Waals surface area contributed by atoms with Gasteiger partial charge in [-0.15, -0.1) is 11.3 Å². The van der Waals surface area contributed by atoms with Crippen LogP contribution in [-0.2, 0) is 10.5 Å². The number of hydrogen-bond acceptors (Lipinski definition) is 5. The number of nitrogens with one attached hydrogen (secondary N) is 1. The van der Waals surface area contributed by atoms with Crippen molar-refractivity contribution in [1.82, 2.24) is 10.3 Å². The van der Waals surface area contributed by atoms with Crippen LogP contribution in [0.1, 0.15) is 30.1 Å². The average molecular weight is 258 g/mol. The van der Waals surface area contributed by atoms with Crippen LogP contribution in [0.2, 0.25) is 0 Å². The fourth-order valence-electron chi connectivity index (χ4n) is 1.85. The summed E-state index contributed by atoms with van der Waals surface area (Å²) in [7, 11) is 1.78. The van der Waals surface area contributed by atoms with Crippen LogP contribution >= 0.6 is 23.1 Å². The van der Waals surface area contributed by atoms with Gasteiger partial charge < -0.3 is 10.1 Å². The lowest BCUT2D eigenvalue weighted by molar-refractivity contribution is 0.117. The van der Waals surface area contributed by atoms with Crippen molar-refractivity contribution in [3.63, 3.8) is 0 Å². The molecular formula is C11H18N2OS2. The number of thioether (sulfide) groups is 1. The summed E-state index contributed by atoms with van der Waals surface area (Å²) in [6.45, 7) is 3.12. The zero-order valence-corrected chi connectivity index (χ0v) is 11.4. The molecule has 1 aromatic rings. The van der Waals surface area contributed by atoms with E-state index >= 15 is 0 Å². The van der Waals surface area contributed by atoms with E-state index in [0.29, 0.717) is 12.1 Å². The summed E-state index contributed by atoms with van der Waals surface area (Å²) < 4.78 is 5.34. The number of methoxy groups -OCH3 is 1. The number of nitrogens with zero attached hydrogens (tertiary/aromatic N) is 1. The largest absolute Gasteiger partial charge is 0.380 e. The van der Waals surface area contributed by atoms with Gasteiger partial charge in [-0.3, -0.25) is 0 Å². The molecule has 1 aromatic heterocycles. The number of hydrogen-bond donors (Lipinski definition) is 1. The zero-order valence-electron chi connectivity index (χ0n) is 9.73. The SMILES string of the molecule is CCSCc1nc(C2CC(OC)CN2)cs1. The Morgan fingerprint density at radius 3 is 3.25 bits per heavy atom. The van der Waals surface area contributed by atoms with Crippen LogP contribution in [0.4, 0.5) is 0 Å². The lowest BCUT2D eigenvalue weighted by Crippen LogP contribution is -2.16. The van der Waals surface area contributed by atoms with Crippen molar-refractivity contribution >= 4 is 23.1 Å². The molecule has 1 aliphatic rings. The third-order valence-electron chi connectivity index (χ3n) is 2.78. The van der Waals surface area contributed by atoms with Crippen LogP contribution < -0.4 is 5.32 Å². The molecule has 0 amide bonds. The maximum Gasteiger partial charge on any atom is 0.103 e. The average Bonchev–Trinajstić information content (AvgIpc) is 2.94. The summed E-state index contributed by atoms with van der Waals surface area (Å²) in [5.74, 6) is 2.20. The molecule has 90 valence electrons. The van der Waals surface area contributed by atoms with E-state index in [1.54, 1.807) is 18.4 Å². The minimum Gasteiger partial charge on any atom is -0.380 e. The Kier molecular flexibility index (Phi) is 4.64. The Bertz CT molecular complexity index is 330. The molecule has 5 heteroatoms. The van der Waals surface area contributed by atoms with Crippen molar-refractivity contribution in [2.24, 2.45) is 0 Å². The molecule has 2 rings (SSSR count). The molecule has 2 heterocycles. The van der Waals surface area contributed by atoms with Crippen LogP contribution in [-0.4, -0.2) is 30.5 Å². The fourth-order valence-corrected chi connectivity index (χ4v) is 3.45. The van der Waals surface area contributed by atoms with Gasteiger partial charge in [0.15, 0.2) is 0 Å². The first-order chi connectivity index (χ1) is 7.83. The van der Waals surface area contributed by atoms with Crippen molar-refractivity contribution in [3.8, 4) is 0 Å². The van der Waals surface area contributed by atoms with Gasteiger partial charge in [0.05, 0.1) is 17.8 Å². The molecule has 2 atom stereocenters. The van der Waals surface area contributed by atoms with Gasteiger partial charge in [0.2, 0.25) is 0 Å². The molecular weight excluding hydrogens is 240 g/mol. The topological polar surface area (TPSA) is 34.1 Å². The first-order valence-electron chi connectivity index (χ1n) is 5.61. The summed E-state index contributed by atoms with van der Waals surface area (Å²) in [6.07, 6.45) is 1.39. The Labute approximate surface area is 105 Å². The monoisotopic (exact) mass is 258 g/mol. The minimum atomic E-state index is 0.347. The molecule has 0 spiro atoms. The molecule has 1 saturated heterocycles. The third kappa shape index (κ3) is 2.97. The van der Waals surface area contributed by atoms with Gasteiger partial charge in [-0.05, 0) is 12.2 Å². The Morgan fingerprint density at radius 2 is 2.56 bits per heavy atom. The molecule has 2 unspecified atom stereocenters. The molecule has 0 aliphatic carbocycles. The van der Waals surface area contributed by atoms with E-state index in [1.165, 1.54) is 10.7 Å². The van der Waals surface area contributed by atoms with E-state index in [9.17, 15) is 0 Å². The lowest BCUT2D eigenvalue weighted by Gasteiger charge is -2.06. The Balaban J connectivity index is 1.92. The van der Waals surface area contributed by atoms with E-state index in [2.05, 4.69) is 22.6 Å². The third-order valence-corrected chi connectivity index (χ3v) is 4.72. The predicted molar refractivity (Wildman–Crippen MR) is 70.1 cm³/mol. The van der Waals surface area contributed by atoms with Gasteiger partial charge >= 0.3 is 0 Å². The van der Waals surface area contributed by atoms with E-state index in [4.69, 9.17) is 4.74 Å². The number of ether oxygens (including phenoxy) is 1. The summed E-state index contributed by atoms with van der Waals surface area (Å²) in [6, 6.07) is 0.390. The van der Waals surface area contributed by atoms with Gasteiger partial charge in [-0.25, -0.2) is 4.98 Å². The van der Waals surface area contributed by atoms with Crippen molar-refractivity contribution in [2.75, 3.05) is 19.4 Å². The van der Waals surface area contributed by atoms with Crippen LogP contribution in [0.25, 0.3) is 0 Å². The summed E-state index contributed by atoms with van der Waals surface area (Å²) in [5.41, 5.74) is 1.19. The van der Waals surface area contributed by atoms with Gasteiger partial charge in [0.25, 0.3) is 0 Å². The number of thiazole rings is 1. The highest BCUT2D eigenvalue weighted by Crippen LogP contribution is 2.27. The zero-order chi connectivity index (χ0) is 11.4. The Hall–Kier alpha value is -0.100.